The van der Waals surface area contributed by atoms with Gasteiger partial charge in [-0.15, -0.1) is 0 Å². The first kappa shape index (κ1) is 10.2. The number of H-pyrrole nitrogens is 1. The van der Waals surface area contributed by atoms with Crippen LogP contribution in [0.25, 0.3) is 0 Å². The molecule has 1 unspecified atom stereocenters. The molecule has 0 saturated carbocycles. The van der Waals surface area contributed by atoms with E-state index in [-0.39, 0.29) is 17.9 Å². The van der Waals surface area contributed by atoms with Crippen LogP contribution in [-0.2, 0) is 4.79 Å². The summed E-state index contributed by atoms with van der Waals surface area (Å²) in [5, 5.41) is 11.6. The number of carbonyl (C=O) groups excluding carboxylic acids is 1. The number of rotatable bonds is 4. The van der Waals surface area contributed by atoms with Crippen molar-refractivity contribution in [1.82, 2.24) is 9.97 Å². The van der Waals surface area contributed by atoms with Gasteiger partial charge in [0.2, 0.25) is 5.91 Å². The number of nitrogens with two attached hydrogens (primary N) is 1. The van der Waals surface area contributed by atoms with Crippen molar-refractivity contribution < 1.29 is 9.90 Å². The summed E-state index contributed by atoms with van der Waals surface area (Å²) in [5.41, 5.74) is 4.49. The maximum Gasteiger partial charge on any atom is 0.252 e. The molecular formula is C7H10N4O3. The molecule has 5 N–H and O–H groups in total. The van der Waals surface area contributed by atoms with Crippen molar-refractivity contribution in [3.8, 4) is 0 Å². The van der Waals surface area contributed by atoms with Crippen LogP contribution >= 0.6 is 0 Å². The first-order valence-electron chi connectivity index (χ1n) is 3.85. The quantitative estimate of drug-likeness (QED) is 0.447. The fourth-order valence-corrected chi connectivity index (χ4v) is 0.767. The zero-order valence-corrected chi connectivity index (χ0v) is 7.23. The van der Waals surface area contributed by atoms with Crippen LogP contribution < -0.4 is 16.6 Å². The molecule has 76 valence electrons. The first-order chi connectivity index (χ1) is 6.59. The second-order valence-electron chi connectivity index (χ2n) is 2.60. The van der Waals surface area contributed by atoms with Gasteiger partial charge in [-0.25, -0.2) is 4.98 Å². The summed E-state index contributed by atoms with van der Waals surface area (Å²) in [4.78, 5) is 27.3. The number of carbonyl (C=O) groups is 1. The molecule has 1 aromatic heterocycles. The standard InChI is InChI=1S/C7H10N4O3/c8-7(14)4(12)2-9-5-1-6(13)11-3-10-5/h1,3-4,12H,2H2,(H2,8,14)(H2,9,10,11,13). The van der Waals surface area contributed by atoms with E-state index in [0.717, 1.165) is 0 Å². The SMILES string of the molecule is NC(=O)C(O)CNc1cc(=O)[nH]cn1. The van der Waals surface area contributed by atoms with E-state index in [4.69, 9.17) is 10.8 Å². The van der Waals surface area contributed by atoms with Crippen LogP contribution in [0.15, 0.2) is 17.2 Å². The molecule has 1 rings (SSSR count). The lowest BCUT2D eigenvalue weighted by Crippen LogP contribution is -2.34. The minimum Gasteiger partial charge on any atom is -0.381 e. The maximum absolute atomic E-state index is 10.8. The highest BCUT2D eigenvalue weighted by Gasteiger charge is 2.09. The molecule has 0 spiro atoms. The van der Waals surface area contributed by atoms with E-state index in [9.17, 15) is 9.59 Å². The Hall–Kier alpha value is -1.89. The number of hydrogen-bond acceptors (Lipinski definition) is 5. The van der Waals surface area contributed by atoms with Crippen molar-refractivity contribution in [2.75, 3.05) is 11.9 Å². The van der Waals surface area contributed by atoms with Gasteiger partial charge < -0.3 is 21.1 Å². The Morgan fingerprint density at radius 1 is 1.79 bits per heavy atom. The monoisotopic (exact) mass is 198 g/mol. The molecule has 1 aromatic rings. The van der Waals surface area contributed by atoms with E-state index in [2.05, 4.69) is 15.3 Å². The molecule has 0 aliphatic carbocycles. The predicted octanol–water partition coefficient (Wildman–Crippen LogP) is -1.97. The Kier molecular flexibility index (Phi) is 3.19. The van der Waals surface area contributed by atoms with Crippen LogP contribution in [0.4, 0.5) is 5.82 Å². The van der Waals surface area contributed by atoms with Gasteiger partial charge in [-0.05, 0) is 0 Å². The third-order valence-corrected chi connectivity index (χ3v) is 1.48. The summed E-state index contributed by atoms with van der Waals surface area (Å²) in [5.74, 6) is -0.559. The van der Waals surface area contributed by atoms with Gasteiger partial charge in [0.25, 0.3) is 5.56 Å². The number of amides is 1. The van der Waals surface area contributed by atoms with Crippen molar-refractivity contribution in [3.05, 3.63) is 22.7 Å². The maximum atomic E-state index is 10.8. The zero-order valence-electron chi connectivity index (χ0n) is 7.23. The van der Waals surface area contributed by atoms with Crippen LogP contribution in [-0.4, -0.2) is 33.6 Å². The fraction of sp³-hybridized carbons (Fsp3) is 0.286. The van der Waals surface area contributed by atoms with Gasteiger partial charge in [-0.3, -0.25) is 9.59 Å². The lowest BCUT2D eigenvalue weighted by molar-refractivity contribution is -0.125. The number of aliphatic hydroxyl groups is 1. The summed E-state index contributed by atoms with van der Waals surface area (Å²) < 4.78 is 0. The van der Waals surface area contributed by atoms with E-state index in [1.54, 1.807) is 0 Å². The van der Waals surface area contributed by atoms with Crippen molar-refractivity contribution in [2.24, 2.45) is 5.73 Å². The van der Waals surface area contributed by atoms with Gasteiger partial charge in [0, 0.05) is 6.07 Å². The number of anilines is 1. The van der Waals surface area contributed by atoms with Crippen LogP contribution in [0.1, 0.15) is 0 Å². The van der Waals surface area contributed by atoms with Crippen LogP contribution in [0.3, 0.4) is 0 Å². The number of nitrogens with one attached hydrogen (secondary N) is 2. The van der Waals surface area contributed by atoms with Gasteiger partial charge in [0.05, 0.1) is 12.9 Å². The third-order valence-electron chi connectivity index (χ3n) is 1.48. The molecular weight excluding hydrogens is 188 g/mol. The molecule has 0 aliphatic heterocycles. The normalized spacial score (nSPS) is 12.1. The largest absolute Gasteiger partial charge is 0.381 e. The van der Waals surface area contributed by atoms with Gasteiger partial charge >= 0.3 is 0 Å². The van der Waals surface area contributed by atoms with Gasteiger partial charge in [-0.1, -0.05) is 0 Å². The molecule has 1 amide bonds. The molecule has 0 aromatic carbocycles. The zero-order chi connectivity index (χ0) is 10.6. The molecule has 7 heteroatoms. The Balaban J connectivity index is 2.54. The molecule has 0 bridgehead atoms. The number of hydrogen-bond donors (Lipinski definition) is 4. The van der Waals surface area contributed by atoms with Crippen LogP contribution in [0.5, 0.6) is 0 Å². The molecule has 0 fully saturated rings. The Bertz CT molecular complexity index is 375. The third kappa shape index (κ3) is 2.87. The lowest BCUT2D eigenvalue weighted by Gasteiger charge is -2.07. The molecule has 1 heterocycles. The predicted molar refractivity (Wildman–Crippen MR) is 48.5 cm³/mol. The molecule has 7 nitrogen and oxygen atoms in total. The highest BCUT2D eigenvalue weighted by Crippen LogP contribution is 1.94. The number of aromatic amines is 1. The lowest BCUT2D eigenvalue weighted by atomic mass is 10.3. The smallest absolute Gasteiger partial charge is 0.252 e. The highest BCUT2D eigenvalue weighted by atomic mass is 16.3. The Morgan fingerprint density at radius 3 is 3.07 bits per heavy atom. The van der Waals surface area contributed by atoms with E-state index in [1.165, 1.54) is 12.4 Å². The van der Waals surface area contributed by atoms with Gasteiger partial charge in [-0.2, -0.15) is 0 Å². The minimum atomic E-state index is -1.30. The second kappa shape index (κ2) is 4.38. The van der Waals surface area contributed by atoms with E-state index >= 15 is 0 Å². The van der Waals surface area contributed by atoms with Crippen molar-refractivity contribution in [3.63, 3.8) is 0 Å². The summed E-state index contributed by atoms with van der Waals surface area (Å²) in [6.45, 7) is -0.0776. The average molecular weight is 198 g/mol. The van der Waals surface area contributed by atoms with Crippen LogP contribution in [0.2, 0.25) is 0 Å². The second-order valence-corrected chi connectivity index (χ2v) is 2.60. The van der Waals surface area contributed by atoms with Crippen molar-refractivity contribution in [1.29, 1.82) is 0 Å². The summed E-state index contributed by atoms with van der Waals surface area (Å²) >= 11 is 0. The summed E-state index contributed by atoms with van der Waals surface area (Å²) in [7, 11) is 0. The Morgan fingerprint density at radius 2 is 2.50 bits per heavy atom. The average Bonchev–Trinajstić information content (AvgIpc) is 2.14. The number of primary amides is 1. The van der Waals surface area contributed by atoms with Gasteiger partial charge in [0.1, 0.15) is 11.9 Å². The molecule has 0 radical (unpaired) electrons. The van der Waals surface area contributed by atoms with E-state index in [1.807, 2.05) is 0 Å². The fourth-order valence-electron chi connectivity index (χ4n) is 0.767. The van der Waals surface area contributed by atoms with Crippen molar-refractivity contribution in [2.45, 2.75) is 6.10 Å². The molecule has 14 heavy (non-hydrogen) atoms. The molecule has 0 aliphatic rings. The summed E-state index contributed by atoms with van der Waals surface area (Å²) in [6, 6.07) is 1.20. The van der Waals surface area contributed by atoms with E-state index in [0.29, 0.717) is 0 Å². The number of aromatic nitrogens is 2. The van der Waals surface area contributed by atoms with Gasteiger partial charge in [0.15, 0.2) is 0 Å². The topological polar surface area (TPSA) is 121 Å². The first-order valence-corrected chi connectivity index (χ1v) is 3.85. The minimum absolute atomic E-state index is 0.0776. The highest BCUT2D eigenvalue weighted by molar-refractivity contribution is 5.79. The summed E-state index contributed by atoms with van der Waals surface area (Å²) in [6.07, 6.45) is -0.0857. The van der Waals surface area contributed by atoms with Crippen molar-refractivity contribution >= 4 is 11.7 Å². The Labute approximate surface area is 79.0 Å². The van der Waals surface area contributed by atoms with E-state index < -0.39 is 12.0 Å². The number of aliphatic hydroxyl groups excluding tert-OH is 1. The number of nitrogens with zero attached hydrogens (tertiary/aromatic N) is 1. The van der Waals surface area contributed by atoms with Crippen LogP contribution in [0, 0.1) is 0 Å². The molecule has 0 saturated heterocycles. The molecule has 1 atom stereocenters.